The van der Waals surface area contributed by atoms with Crippen LogP contribution in [0.1, 0.15) is 5.56 Å². The van der Waals surface area contributed by atoms with E-state index < -0.39 is 0 Å². The van der Waals surface area contributed by atoms with Crippen LogP contribution in [-0.4, -0.2) is 20.1 Å². The van der Waals surface area contributed by atoms with Gasteiger partial charge in [0.15, 0.2) is 0 Å². The predicted octanol–water partition coefficient (Wildman–Crippen LogP) is 5.53. The lowest BCUT2D eigenvalue weighted by atomic mass is 10.1. The van der Waals surface area contributed by atoms with Gasteiger partial charge in [-0.15, -0.1) is 0 Å². The maximum atomic E-state index is 12.8. The second-order valence-corrected chi connectivity index (χ2v) is 6.99. The van der Waals surface area contributed by atoms with E-state index in [1.54, 1.807) is 32.6 Å². The molecular weight excluding hydrogens is 382 g/mol. The fourth-order valence-electron chi connectivity index (χ4n) is 3.71. The van der Waals surface area contributed by atoms with Gasteiger partial charge in [-0.05, 0) is 24.3 Å². The summed E-state index contributed by atoms with van der Waals surface area (Å²) in [6, 6.07) is 17.0. The highest BCUT2D eigenvalue weighted by atomic mass is 16.5. The Bertz CT molecular complexity index is 1400. The summed E-state index contributed by atoms with van der Waals surface area (Å²) in [6.45, 7) is 0. The van der Waals surface area contributed by atoms with Crippen LogP contribution < -0.4 is 14.8 Å². The first-order valence-corrected chi connectivity index (χ1v) is 9.49. The fourth-order valence-corrected chi connectivity index (χ4v) is 3.71. The lowest BCUT2D eigenvalue weighted by Crippen LogP contribution is -2.14. The Labute approximate surface area is 172 Å². The van der Waals surface area contributed by atoms with E-state index in [1.807, 2.05) is 42.5 Å². The number of nitrogens with one attached hydrogen (secondary N) is 1. The van der Waals surface area contributed by atoms with Gasteiger partial charge in [0.05, 0.1) is 32.6 Å². The van der Waals surface area contributed by atoms with Crippen molar-refractivity contribution >= 4 is 44.5 Å². The Hall–Kier alpha value is -3.93. The molecule has 0 atom stereocenters. The van der Waals surface area contributed by atoms with Gasteiger partial charge in [0, 0.05) is 33.9 Å². The molecule has 0 saturated heterocycles. The lowest BCUT2D eigenvalue weighted by Gasteiger charge is -2.10. The number of amides is 1. The summed E-state index contributed by atoms with van der Waals surface area (Å²) in [7, 11) is 3.18. The molecule has 6 heteroatoms. The molecule has 3 aromatic carbocycles. The molecule has 5 aromatic rings. The molecule has 6 nitrogen and oxygen atoms in total. The summed E-state index contributed by atoms with van der Waals surface area (Å²) in [4.78, 5) is 12.8. The van der Waals surface area contributed by atoms with Gasteiger partial charge in [0.2, 0.25) is 5.91 Å². The second-order valence-electron chi connectivity index (χ2n) is 6.99. The monoisotopic (exact) mass is 401 g/mol. The minimum absolute atomic E-state index is 0.167. The molecule has 0 radical (unpaired) electrons. The van der Waals surface area contributed by atoms with Gasteiger partial charge in [-0.25, -0.2) is 0 Å². The van der Waals surface area contributed by atoms with Crippen LogP contribution in [0.5, 0.6) is 11.5 Å². The highest BCUT2D eigenvalue weighted by Crippen LogP contribution is 2.36. The average Bonchev–Trinajstić information content (AvgIpc) is 3.33. The molecule has 2 heterocycles. The Morgan fingerprint density at radius 3 is 2.60 bits per heavy atom. The Morgan fingerprint density at radius 1 is 0.900 bits per heavy atom. The first-order chi connectivity index (χ1) is 14.7. The van der Waals surface area contributed by atoms with Crippen molar-refractivity contribution in [1.29, 1.82) is 0 Å². The second kappa shape index (κ2) is 7.15. The molecule has 0 aliphatic carbocycles. The normalized spacial score (nSPS) is 11.3. The van der Waals surface area contributed by atoms with E-state index >= 15 is 0 Å². The smallest absolute Gasteiger partial charge is 0.229 e. The third-order valence-corrected chi connectivity index (χ3v) is 5.19. The fraction of sp³-hybridized carbons (Fsp3) is 0.125. The molecule has 1 N–H and O–H groups in total. The minimum atomic E-state index is -0.178. The number of anilines is 1. The van der Waals surface area contributed by atoms with Crippen molar-refractivity contribution in [3.05, 3.63) is 66.4 Å². The Balaban J connectivity index is 1.44. The standard InChI is InChI=1S/C24H19NO5/c1-27-15-7-8-16-14(13-29-21(16)10-15)9-24(26)25-19-12-22-18(11-23(19)28-2)17-5-3-4-6-20(17)30-22/h3-8,10-13H,9H2,1-2H3,(H,25,26). The number of methoxy groups -OCH3 is 2. The zero-order chi connectivity index (χ0) is 20.7. The van der Waals surface area contributed by atoms with Crippen molar-refractivity contribution in [2.75, 3.05) is 19.5 Å². The predicted molar refractivity (Wildman–Crippen MR) is 115 cm³/mol. The molecule has 150 valence electrons. The molecule has 0 unspecified atom stereocenters. The molecule has 1 amide bonds. The molecule has 30 heavy (non-hydrogen) atoms. The molecule has 0 saturated carbocycles. The highest BCUT2D eigenvalue weighted by Gasteiger charge is 2.16. The number of ether oxygens (including phenoxy) is 2. The number of para-hydroxylation sites is 1. The van der Waals surface area contributed by atoms with Crippen LogP contribution in [0.2, 0.25) is 0 Å². The van der Waals surface area contributed by atoms with Crippen molar-refractivity contribution in [1.82, 2.24) is 0 Å². The van der Waals surface area contributed by atoms with Gasteiger partial charge in [0.25, 0.3) is 0 Å². The van der Waals surface area contributed by atoms with Gasteiger partial charge in [0.1, 0.15) is 28.2 Å². The lowest BCUT2D eigenvalue weighted by molar-refractivity contribution is -0.115. The van der Waals surface area contributed by atoms with E-state index in [-0.39, 0.29) is 12.3 Å². The first-order valence-electron chi connectivity index (χ1n) is 9.49. The Kier molecular flexibility index (Phi) is 4.32. The topological polar surface area (TPSA) is 73.8 Å². The third kappa shape index (κ3) is 3.03. The van der Waals surface area contributed by atoms with Crippen molar-refractivity contribution in [3.8, 4) is 11.5 Å². The van der Waals surface area contributed by atoms with Crippen LogP contribution in [0, 0.1) is 0 Å². The van der Waals surface area contributed by atoms with E-state index in [0.717, 1.165) is 27.3 Å². The van der Waals surface area contributed by atoms with Crippen molar-refractivity contribution in [2.24, 2.45) is 0 Å². The largest absolute Gasteiger partial charge is 0.497 e. The number of fused-ring (bicyclic) bond motifs is 4. The maximum Gasteiger partial charge on any atom is 0.229 e. The van der Waals surface area contributed by atoms with Crippen LogP contribution in [0.15, 0.2) is 69.7 Å². The summed E-state index contributed by atoms with van der Waals surface area (Å²) >= 11 is 0. The zero-order valence-corrected chi connectivity index (χ0v) is 16.5. The van der Waals surface area contributed by atoms with E-state index in [4.69, 9.17) is 18.3 Å². The van der Waals surface area contributed by atoms with E-state index in [2.05, 4.69) is 5.32 Å². The summed E-state index contributed by atoms with van der Waals surface area (Å²) in [6.07, 6.45) is 1.77. The highest BCUT2D eigenvalue weighted by molar-refractivity contribution is 6.08. The number of furan rings is 2. The van der Waals surface area contributed by atoms with E-state index in [9.17, 15) is 4.79 Å². The van der Waals surface area contributed by atoms with E-state index in [1.165, 1.54) is 0 Å². The summed E-state index contributed by atoms with van der Waals surface area (Å²) in [5.41, 5.74) is 3.52. The van der Waals surface area contributed by atoms with Gasteiger partial charge >= 0.3 is 0 Å². The van der Waals surface area contributed by atoms with Gasteiger partial charge in [-0.1, -0.05) is 18.2 Å². The van der Waals surface area contributed by atoms with Crippen LogP contribution in [0.4, 0.5) is 5.69 Å². The summed E-state index contributed by atoms with van der Waals surface area (Å²) in [5.74, 6) is 1.10. The SMILES string of the molecule is COc1ccc2c(CC(=O)Nc3cc4oc5ccccc5c4cc3OC)coc2c1. The van der Waals surface area contributed by atoms with E-state index in [0.29, 0.717) is 28.4 Å². The number of carbonyl (C=O) groups is 1. The molecule has 2 aromatic heterocycles. The maximum absolute atomic E-state index is 12.8. The summed E-state index contributed by atoms with van der Waals surface area (Å²) < 4.78 is 22.2. The van der Waals surface area contributed by atoms with Gasteiger partial charge < -0.3 is 23.6 Å². The van der Waals surface area contributed by atoms with Gasteiger partial charge in [-0.3, -0.25) is 4.79 Å². The Morgan fingerprint density at radius 2 is 1.77 bits per heavy atom. The molecule has 0 aliphatic heterocycles. The van der Waals surface area contributed by atoms with Crippen molar-refractivity contribution < 1.29 is 23.1 Å². The number of hydrogen-bond donors (Lipinski definition) is 1. The quantitative estimate of drug-likeness (QED) is 0.419. The molecular formula is C24H19NO5. The number of benzene rings is 3. The minimum Gasteiger partial charge on any atom is -0.497 e. The number of hydrogen-bond acceptors (Lipinski definition) is 5. The van der Waals surface area contributed by atoms with Crippen LogP contribution >= 0.6 is 0 Å². The molecule has 5 rings (SSSR count). The zero-order valence-electron chi connectivity index (χ0n) is 16.5. The molecule has 0 spiro atoms. The van der Waals surface area contributed by atoms with Crippen LogP contribution in [-0.2, 0) is 11.2 Å². The van der Waals surface area contributed by atoms with Crippen molar-refractivity contribution in [2.45, 2.75) is 6.42 Å². The third-order valence-electron chi connectivity index (χ3n) is 5.19. The number of carbonyl (C=O) groups excluding carboxylic acids is 1. The van der Waals surface area contributed by atoms with Gasteiger partial charge in [-0.2, -0.15) is 0 Å². The van der Waals surface area contributed by atoms with Crippen molar-refractivity contribution in [3.63, 3.8) is 0 Å². The average molecular weight is 401 g/mol. The summed E-state index contributed by atoms with van der Waals surface area (Å²) in [5, 5.41) is 5.76. The first kappa shape index (κ1) is 18.1. The molecule has 0 bridgehead atoms. The van der Waals surface area contributed by atoms with Crippen LogP contribution in [0.25, 0.3) is 32.9 Å². The molecule has 0 fully saturated rings. The molecule has 0 aliphatic rings. The van der Waals surface area contributed by atoms with Crippen LogP contribution in [0.3, 0.4) is 0 Å². The number of rotatable bonds is 5.